The molecule has 0 aromatic carbocycles. The van der Waals surface area contributed by atoms with Gasteiger partial charge in [0.25, 0.3) is 0 Å². The zero-order valence-corrected chi connectivity index (χ0v) is 13.4. The van der Waals surface area contributed by atoms with Gasteiger partial charge in [-0.15, -0.1) is 0 Å². The first-order valence-electron chi connectivity index (χ1n) is 8.03. The van der Waals surface area contributed by atoms with Crippen LogP contribution in [-0.4, -0.2) is 34.6 Å². The quantitative estimate of drug-likeness (QED) is 0.895. The van der Waals surface area contributed by atoms with Crippen molar-refractivity contribution >= 4 is 0 Å². The van der Waals surface area contributed by atoms with Gasteiger partial charge in [0.05, 0.1) is 5.69 Å². The number of nitrogens with zero attached hydrogens (tertiary/aromatic N) is 2. The molecule has 1 aromatic rings. The maximum atomic E-state index is 4.62. The molecular formula is C17H29N3. The average Bonchev–Trinajstić information content (AvgIpc) is 2.48. The fourth-order valence-corrected chi connectivity index (χ4v) is 3.08. The molecule has 0 amide bonds. The molecule has 1 aromatic heterocycles. The maximum Gasteiger partial charge on any atom is 0.0575 e. The Morgan fingerprint density at radius 2 is 2.20 bits per heavy atom. The number of hydrogen-bond donors (Lipinski definition) is 1. The van der Waals surface area contributed by atoms with Crippen molar-refractivity contribution in [3.8, 4) is 0 Å². The second-order valence-corrected chi connectivity index (χ2v) is 6.22. The average molecular weight is 275 g/mol. The third-order valence-electron chi connectivity index (χ3n) is 4.80. The Morgan fingerprint density at radius 1 is 1.40 bits per heavy atom. The van der Waals surface area contributed by atoms with Gasteiger partial charge < -0.3 is 5.32 Å². The Morgan fingerprint density at radius 3 is 2.85 bits per heavy atom. The van der Waals surface area contributed by atoms with Gasteiger partial charge in [0, 0.05) is 37.4 Å². The van der Waals surface area contributed by atoms with Crippen molar-refractivity contribution < 1.29 is 0 Å². The third-order valence-corrected chi connectivity index (χ3v) is 4.80. The maximum absolute atomic E-state index is 4.62. The Bertz CT molecular complexity index is 432. The molecular weight excluding hydrogens is 246 g/mol. The van der Waals surface area contributed by atoms with Gasteiger partial charge in [-0.3, -0.25) is 9.88 Å². The Labute approximate surface area is 123 Å². The van der Waals surface area contributed by atoms with Crippen LogP contribution in [0.4, 0.5) is 0 Å². The Hall–Kier alpha value is -0.930. The predicted molar refractivity (Wildman–Crippen MR) is 84.8 cm³/mol. The van der Waals surface area contributed by atoms with E-state index in [1.54, 1.807) is 0 Å². The molecule has 1 fully saturated rings. The summed E-state index contributed by atoms with van der Waals surface area (Å²) >= 11 is 0. The fraction of sp³-hybridized carbons (Fsp3) is 0.706. The Balaban J connectivity index is 2.15. The lowest BCUT2D eigenvalue weighted by atomic mass is 9.92. The van der Waals surface area contributed by atoms with E-state index in [0.717, 1.165) is 26.1 Å². The lowest BCUT2D eigenvalue weighted by molar-refractivity contribution is 0.0742. The standard InChI is InChI=1S/C17H29N3/c1-5-14-9-8-10-18-16(14)12-20-13-17(4,7-3)19-11-15(20)6-2/h8-10,15,19H,5-7,11-13H2,1-4H3. The minimum absolute atomic E-state index is 0.243. The summed E-state index contributed by atoms with van der Waals surface area (Å²) in [5.41, 5.74) is 2.89. The lowest BCUT2D eigenvalue weighted by Crippen LogP contribution is -2.62. The van der Waals surface area contributed by atoms with Crippen LogP contribution in [0.5, 0.6) is 0 Å². The Kier molecular flexibility index (Phi) is 5.17. The van der Waals surface area contributed by atoms with E-state index in [9.17, 15) is 0 Å². The fourth-order valence-electron chi connectivity index (χ4n) is 3.08. The summed E-state index contributed by atoms with van der Waals surface area (Å²) in [6.07, 6.45) is 5.36. The van der Waals surface area contributed by atoms with E-state index < -0.39 is 0 Å². The largest absolute Gasteiger partial charge is 0.309 e. The van der Waals surface area contributed by atoms with E-state index in [0.29, 0.717) is 6.04 Å². The second-order valence-electron chi connectivity index (χ2n) is 6.22. The van der Waals surface area contributed by atoms with Crippen LogP contribution in [0.1, 0.15) is 51.8 Å². The molecule has 0 saturated carbocycles. The van der Waals surface area contributed by atoms with Crippen LogP contribution < -0.4 is 5.32 Å². The van der Waals surface area contributed by atoms with Gasteiger partial charge in [-0.2, -0.15) is 0 Å². The van der Waals surface area contributed by atoms with Crippen LogP contribution in [0.15, 0.2) is 18.3 Å². The van der Waals surface area contributed by atoms with E-state index in [2.05, 4.69) is 49.0 Å². The smallest absolute Gasteiger partial charge is 0.0575 e. The van der Waals surface area contributed by atoms with Crippen LogP contribution in [0.2, 0.25) is 0 Å². The molecule has 2 unspecified atom stereocenters. The summed E-state index contributed by atoms with van der Waals surface area (Å²) < 4.78 is 0. The molecule has 3 nitrogen and oxygen atoms in total. The van der Waals surface area contributed by atoms with Crippen molar-refractivity contribution in [2.24, 2.45) is 0 Å². The number of pyridine rings is 1. The molecule has 2 atom stereocenters. The molecule has 3 heteroatoms. The highest BCUT2D eigenvalue weighted by Gasteiger charge is 2.33. The summed E-state index contributed by atoms with van der Waals surface area (Å²) in [6.45, 7) is 12.3. The molecule has 2 rings (SSSR count). The van der Waals surface area contributed by atoms with Crippen LogP contribution in [0, 0.1) is 0 Å². The summed E-state index contributed by atoms with van der Waals surface area (Å²) in [5, 5.41) is 3.73. The number of piperazine rings is 1. The number of hydrogen-bond acceptors (Lipinski definition) is 3. The zero-order chi connectivity index (χ0) is 14.6. The summed E-state index contributed by atoms with van der Waals surface area (Å²) in [6, 6.07) is 4.89. The number of nitrogens with one attached hydrogen (secondary N) is 1. The minimum Gasteiger partial charge on any atom is -0.309 e. The molecule has 1 N–H and O–H groups in total. The number of aromatic nitrogens is 1. The van der Waals surface area contributed by atoms with Crippen molar-refractivity contribution in [1.82, 2.24) is 15.2 Å². The monoisotopic (exact) mass is 275 g/mol. The zero-order valence-electron chi connectivity index (χ0n) is 13.4. The predicted octanol–water partition coefficient (Wildman–Crippen LogP) is 3.00. The number of rotatable bonds is 5. The van der Waals surface area contributed by atoms with Crippen molar-refractivity contribution in [2.45, 2.75) is 65.1 Å². The summed E-state index contributed by atoms with van der Waals surface area (Å²) in [5.74, 6) is 0. The summed E-state index contributed by atoms with van der Waals surface area (Å²) in [4.78, 5) is 7.25. The first-order valence-corrected chi connectivity index (χ1v) is 8.03. The third kappa shape index (κ3) is 3.39. The van der Waals surface area contributed by atoms with E-state index >= 15 is 0 Å². The van der Waals surface area contributed by atoms with Crippen LogP contribution >= 0.6 is 0 Å². The van der Waals surface area contributed by atoms with Gasteiger partial charge >= 0.3 is 0 Å². The topological polar surface area (TPSA) is 28.2 Å². The normalized spacial score (nSPS) is 27.7. The van der Waals surface area contributed by atoms with Gasteiger partial charge in [-0.05, 0) is 37.8 Å². The molecule has 1 saturated heterocycles. The summed E-state index contributed by atoms with van der Waals surface area (Å²) in [7, 11) is 0. The van der Waals surface area contributed by atoms with Crippen molar-refractivity contribution in [3.05, 3.63) is 29.6 Å². The van der Waals surface area contributed by atoms with Crippen molar-refractivity contribution in [1.29, 1.82) is 0 Å². The van der Waals surface area contributed by atoms with Crippen molar-refractivity contribution in [3.63, 3.8) is 0 Å². The molecule has 112 valence electrons. The molecule has 0 radical (unpaired) electrons. The molecule has 2 heterocycles. The molecule has 0 bridgehead atoms. The van der Waals surface area contributed by atoms with Gasteiger partial charge in [0.1, 0.15) is 0 Å². The van der Waals surface area contributed by atoms with Crippen LogP contribution in [0.3, 0.4) is 0 Å². The highest BCUT2D eigenvalue weighted by molar-refractivity contribution is 5.20. The highest BCUT2D eigenvalue weighted by Crippen LogP contribution is 2.22. The highest BCUT2D eigenvalue weighted by atomic mass is 15.3. The van der Waals surface area contributed by atoms with Gasteiger partial charge in [0.2, 0.25) is 0 Å². The van der Waals surface area contributed by atoms with Gasteiger partial charge in [-0.25, -0.2) is 0 Å². The van der Waals surface area contributed by atoms with E-state index in [1.807, 2.05) is 12.3 Å². The van der Waals surface area contributed by atoms with E-state index in [1.165, 1.54) is 24.1 Å². The molecule has 1 aliphatic heterocycles. The second kappa shape index (κ2) is 6.68. The first-order chi connectivity index (χ1) is 9.61. The molecule has 1 aliphatic rings. The van der Waals surface area contributed by atoms with Crippen molar-refractivity contribution in [2.75, 3.05) is 13.1 Å². The SMILES string of the molecule is CCc1cccnc1CN1CC(C)(CC)NCC1CC. The minimum atomic E-state index is 0.243. The molecule has 20 heavy (non-hydrogen) atoms. The molecule has 0 spiro atoms. The van der Waals surface area contributed by atoms with E-state index in [-0.39, 0.29) is 5.54 Å². The molecule has 0 aliphatic carbocycles. The van der Waals surface area contributed by atoms with Gasteiger partial charge in [0.15, 0.2) is 0 Å². The number of aryl methyl sites for hydroxylation is 1. The lowest BCUT2D eigenvalue weighted by Gasteiger charge is -2.46. The van der Waals surface area contributed by atoms with Crippen LogP contribution in [-0.2, 0) is 13.0 Å². The van der Waals surface area contributed by atoms with Gasteiger partial charge in [-0.1, -0.05) is 26.8 Å². The van der Waals surface area contributed by atoms with Crippen LogP contribution in [0.25, 0.3) is 0 Å². The first kappa shape index (κ1) is 15.5. The van der Waals surface area contributed by atoms with E-state index in [4.69, 9.17) is 0 Å².